The number of hydrogen-bond donors (Lipinski definition) is 0. The Bertz CT molecular complexity index is 94.1. The number of rotatable bonds is 4. The summed E-state index contributed by atoms with van der Waals surface area (Å²) in [6.45, 7) is 1.99. The predicted octanol–water partition coefficient (Wildman–Crippen LogP) is 2.54. The van der Waals surface area contributed by atoms with Gasteiger partial charge in [0.15, 0.2) is 0 Å². The van der Waals surface area contributed by atoms with Gasteiger partial charge in [0.05, 0.1) is 0 Å². The van der Waals surface area contributed by atoms with E-state index in [0.29, 0.717) is 0 Å². The van der Waals surface area contributed by atoms with E-state index in [0.717, 1.165) is 17.6 Å². The third kappa shape index (κ3) is 9.81. The molecule has 0 rings (SSSR count). The molecule has 0 amide bonds. The van der Waals surface area contributed by atoms with Crippen LogP contribution in [0.4, 0.5) is 0 Å². The fourth-order valence-electron chi connectivity index (χ4n) is 0.397. The molecule has 0 fully saturated rings. The molecule has 0 aliphatic rings. The number of halogens is 2. The Morgan fingerprint density at radius 2 is 1.80 bits per heavy atom. The molecule has 0 unspecified atom stereocenters. The van der Waals surface area contributed by atoms with Gasteiger partial charge in [-0.2, -0.15) is 0 Å². The Kier molecular flexibility index (Phi) is 6.44. The molecule has 2 nitrogen and oxygen atoms in total. The summed E-state index contributed by atoms with van der Waals surface area (Å²) in [6, 6.07) is 0. The molecule has 10 heavy (non-hydrogen) atoms. The van der Waals surface area contributed by atoms with Crippen molar-refractivity contribution < 1.29 is 9.01 Å². The van der Waals surface area contributed by atoms with Crippen molar-refractivity contribution >= 4 is 47.5 Å². The zero-order chi connectivity index (χ0) is 8.20. The van der Waals surface area contributed by atoms with Crippen molar-refractivity contribution in [1.29, 1.82) is 0 Å². The molecule has 0 bridgehead atoms. The van der Waals surface area contributed by atoms with Crippen LogP contribution in [0.1, 0.15) is 0 Å². The molecule has 64 valence electrons. The molecule has 0 saturated carbocycles. The molecule has 0 N–H and O–H groups in total. The topological polar surface area (TPSA) is 9.23 Å². The zero-order valence-electron chi connectivity index (χ0n) is 6.53. The van der Waals surface area contributed by atoms with E-state index in [9.17, 15) is 0 Å². The van der Waals surface area contributed by atoms with Crippen LogP contribution in [-0.4, -0.2) is 38.8 Å². The maximum absolute atomic E-state index is 5.48. The zero-order valence-corrected chi connectivity index (χ0v) is 11.8. The van der Waals surface area contributed by atoms with Crippen LogP contribution in [0.25, 0.3) is 0 Å². The van der Waals surface area contributed by atoms with Crippen molar-refractivity contribution in [2.24, 2.45) is 0 Å². The minimum absolute atomic E-state index is 0.527. The van der Waals surface area contributed by atoms with Crippen molar-refractivity contribution in [2.75, 3.05) is 34.3 Å². The summed E-state index contributed by atoms with van der Waals surface area (Å²) in [5.74, 6) is 0. The van der Waals surface area contributed by atoms with Crippen LogP contribution in [0.3, 0.4) is 0 Å². The minimum atomic E-state index is -0.527. The van der Waals surface area contributed by atoms with Crippen molar-refractivity contribution in [3.05, 3.63) is 0 Å². The average molecular weight is 389 g/mol. The predicted molar refractivity (Wildman–Crippen MR) is 65.2 cm³/mol. The van der Waals surface area contributed by atoms with Gasteiger partial charge in [-0.05, 0) is 0 Å². The molecule has 0 aromatic carbocycles. The number of nitrogens with zero attached hydrogens (tertiary/aromatic N) is 1. The van der Waals surface area contributed by atoms with Crippen molar-refractivity contribution in [3.8, 4) is 0 Å². The van der Waals surface area contributed by atoms with Crippen LogP contribution >= 0.6 is 47.5 Å². The third-order valence-corrected chi connectivity index (χ3v) is 3.26. The molecular formula is C5H14I2NOP. The van der Waals surface area contributed by atoms with Crippen LogP contribution < -0.4 is 0 Å². The Balaban J connectivity index is 3.21. The molecule has 0 atom stereocenters. The standard InChI is InChI=1S/C5H14I2NOP/c1-8(2,3)4-5-9-10(6)7/h10H,4-5H2,1-3H3. The maximum atomic E-state index is 5.48. The number of quaternary nitrogens is 1. The van der Waals surface area contributed by atoms with Gasteiger partial charge in [0.1, 0.15) is 0 Å². The molecule has 0 aromatic rings. The van der Waals surface area contributed by atoms with Gasteiger partial charge in [-0.25, -0.2) is 0 Å². The van der Waals surface area contributed by atoms with E-state index >= 15 is 0 Å². The van der Waals surface area contributed by atoms with Gasteiger partial charge in [0.25, 0.3) is 0 Å². The molecule has 5 heteroatoms. The van der Waals surface area contributed by atoms with Crippen LogP contribution in [0.5, 0.6) is 0 Å². The molecule has 0 radical (unpaired) electrons. The van der Waals surface area contributed by atoms with Crippen LogP contribution in [0.2, 0.25) is 0 Å². The van der Waals surface area contributed by atoms with Crippen LogP contribution in [-0.2, 0) is 4.52 Å². The summed E-state index contributed by atoms with van der Waals surface area (Å²) < 4.78 is 5.94. The van der Waals surface area contributed by atoms with Gasteiger partial charge in [-0.15, -0.1) is 0 Å². The Hall–Kier alpha value is 1.81. The molecule has 0 aliphatic carbocycles. The summed E-state index contributed by atoms with van der Waals surface area (Å²) in [5.41, 5.74) is 0. The summed E-state index contributed by atoms with van der Waals surface area (Å²) >= 11 is 4.71. The van der Waals surface area contributed by atoms with E-state index in [-0.39, 0.29) is 0 Å². The average Bonchev–Trinajstić information content (AvgIpc) is 1.59. The quantitative estimate of drug-likeness (QED) is 0.408. The van der Waals surface area contributed by atoms with Gasteiger partial charge in [0, 0.05) is 0 Å². The van der Waals surface area contributed by atoms with Gasteiger partial charge < -0.3 is 0 Å². The molecule has 0 aromatic heterocycles. The number of likely N-dealkylation sites (N-methyl/N-ethyl adjacent to an activating group) is 1. The summed E-state index contributed by atoms with van der Waals surface area (Å²) in [5, 5.41) is 0. The SMILES string of the molecule is C[N+](C)(C)CCO[PH-](I)I. The monoisotopic (exact) mass is 389 g/mol. The summed E-state index contributed by atoms with van der Waals surface area (Å²) in [6.07, 6.45) is 0. The van der Waals surface area contributed by atoms with Crippen molar-refractivity contribution in [2.45, 2.75) is 0 Å². The normalized spacial score (nSPS) is 13.5. The van der Waals surface area contributed by atoms with Crippen LogP contribution in [0, 0.1) is 0 Å². The number of hydrogen-bond acceptors (Lipinski definition) is 1. The molecule has 0 spiro atoms. The Morgan fingerprint density at radius 3 is 2.10 bits per heavy atom. The summed E-state index contributed by atoms with van der Waals surface area (Å²) in [7, 11) is 6.53. The van der Waals surface area contributed by atoms with Crippen molar-refractivity contribution in [1.82, 2.24) is 0 Å². The first-order valence-corrected chi connectivity index (χ1v) is 10.7. The first-order valence-electron chi connectivity index (χ1n) is 3.03. The van der Waals surface area contributed by atoms with Gasteiger partial charge in [0.2, 0.25) is 0 Å². The van der Waals surface area contributed by atoms with Gasteiger partial charge in [-0.3, -0.25) is 0 Å². The van der Waals surface area contributed by atoms with Crippen molar-refractivity contribution in [3.63, 3.8) is 0 Å². The van der Waals surface area contributed by atoms with E-state index in [1.165, 1.54) is 0 Å². The molecular weight excluding hydrogens is 375 g/mol. The second kappa shape index (κ2) is 5.45. The summed E-state index contributed by atoms with van der Waals surface area (Å²) in [4.78, 5) is 0. The van der Waals surface area contributed by atoms with E-state index < -0.39 is 3.43 Å². The second-order valence-corrected chi connectivity index (χ2v) is 15.9. The molecule has 0 aliphatic heterocycles. The molecule has 0 saturated heterocycles. The second-order valence-electron chi connectivity index (χ2n) is 3.09. The van der Waals surface area contributed by atoms with Gasteiger partial charge in [-0.1, -0.05) is 0 Å². The van der Waals surface area contributed by atoms with E-state index in [2.05, 4.69) is 65.2 Å². The van der Waals surface area contributed by atoms with Gasteiger partial charge >= 0.3 is 90.8 Å². The molecule has 0 heterocycles. The van der Waals surface area contributed by atoms with Crippen LogP contribution in [0.15, 0.2) is 0 Å². The Morgan fingerprint density at radius 1 is 1.30 bits per heavy atom. The van der Waals surface area contributed by atoms with E-state index in [4.69, 9.17) is 4.52 Å². The first kappa shape index (κ1) is 11.8. The van der Waals surface area contributed by atoms with E-state index in [1.807, 2.05) is 0 Å². The fraction of sp³-hybridized carbons (Fsp3) is 1.00. The first-order chi connectivity index (χ1) is 4.42. The van der Waals surface area contributed by atoms with E-state index in [1.54, 1.807) is 0 Å². The fourth-order valence-corrected chi connectivity index (χ4v) is 1.96. The third-order valence-electron chi connectivity index (χ3n) is 0.973. The Labute approximate surface area is 90.1 Å².